The summed E-state index contributed by atoms with van der Waals surface area (Å²) in [6.45, 7) is 2.40. The molecule has 7 heteroatoms. The molecule has 0 fully saturated rings. The molecule has 0 saturated heterocycles. The molecular formula is C15H19N3O4. The number of nitrogens with zero attached hydrogens (tertiary/aromatic N) is 2. The average Bonchev–Trinajstić information content (AvgIpc) is 2.87. The van der Waals surface area contributed by atoms with Crippen LogP contribution in [0.2, 0.25) is 0 Å². The standard InChI is InChI=1S/C15H19N3O4/c1-9(19)6-18-15-10(5-17-18)2-3-13-12(15)4-11(7-22-13)21-8-14(16)20/h2-3,5,9,11,19H,4,6-8H2,1H3,(H2,16,20)/t9-,11-/m1/s1. The fraction of sp³-hybridized carbons (Fsp3) is 0.467. The van der Waals surface area contributed by atoms with Crippen LogP contribution < -0.4 is 10.5 Å². The largest absolute Gasteiger partial charge is 0.491 e. The third-order valence-corrected chi connectivity index (χ3v) is 3.62. The molecule has 0 radical (unpaired) electrons. The van der Waals surface area contributed by atoms with Crippen LogP contribution in [0.15, 0.2) is 18.3 Å². The number of benzene rings is 1. The number of rotatable bonds is 5. The Kier molecular flexibility index (Phi) is 4.00. The molecule has 2 atom stereocenters. The van der Waals surface area contributed by atoms with E-state index in [4.69, 9.17) is 15.2 Å². The Morgan fingerprint density at radius 3 is 3.18 bits per heavy atom. The second-order valence-electron chi connectivity index (χ2n) is 5.57. The smallest absolute Gasteiger partial charge is 0.243 e. The summed E-state index contributed by atoms with van der Waals surface area (Å²) in [4.78, 5) is 10.8. The molecule has 2 heterocycles. The van der Waals surface area contributed by atoms with Crippen LogP contribution in [-0.2, 0) is 22.5 Å². The Labute approximate surface area is 127 Å². The number of primary amides is 1. The van der Waals surface area contributed by atoms with Gasteiger partial charge in [-0.2, -0.15) is 5.10 Å². The monoisotopic (exact) mass is 305 g/mol. The van der Waals surface area contributed by atoms with Crippen molar-refractivity contribution in [3.63, 3.8) is 0 Å². The topological polar surface area (TPSA) is 99.6 Å². The highest BCUT2D eigenvalue weighted by Crippen LogP contribution is 2.32. The molecule has 22 heavy (non-hydrogen) atoms. The number of ether oxygens (including phenoxy) is 2. The zero-order valence-corrected chi connectivity index (χ0v) is 12.4. The second kappa shape index (κ2) is 5.94. The highest BCUT2D eigenvalue weighted by molar-refractivity contribution is 5.84. The van der Waals surface area contributed by atoms with Crippen molar-refractivity contribution in [2.45, 2.75) is 32.1 Å². The van der Waals surface area contributed by atoms with E-state index in [1.165, 1.54) is 0 Å². The maximum absolute atomic E-state index is 10.8. The zero-order valence-electron chi connectivity index (χ0n) is 12.4. The third kappa shape index (κ3) is 2.90. The first-order valence-corrected chi connectivity index (χ1v) is 7.22. The fourth-order valence-corrected chi connectivity index (χ4v) is 2.73. The number of nitrogens with two attached hydrogens (primary N) is 1. The normalized spacial score (nSPS) is 18.7. The van der Waals surface area contributed by atoms with Crippen molar-refractivity contribution in [3.05, 3.63) is 23.9 Å². The van der Waals surface area contributed by atoms with Gasteiger partial charge < -0.3 is 20.3 Å². The summed E-state index contributed by atoms with van der Waals surface area (Å²) in [6.07, 6.45) is 1.67. The molecule has 118 valence electrons. The van der Waals surface area contributed by atoms with Gasteiger partial charge in [-0.1, -0.05) is 0 Å². The molecule has 1 amide bonds. The first-order chi connectivity index (χ1) is 10.5. The first-order valence-electron chi connectivity index (χ1n) is 7.22. The minimum absolute atomic E-state index is 0.119. The van der Waals surface area contributed by atoms with Crippen LogP contribution in [0.1, 0.15) is 12.5 Å². The van der Waals surface area contributed by atoms with Gasteiger partial charge in [0.1, 0.15) is 19.0 Å². The molecule has 7 nitrogen and oxygen atoms in total. The van der Waals surface area contributed by atoms with Crippen LogP contribution in [0.4, 0.5) is 0 Å². The number of carbonyl (C=O) groups excluding carboxylic acids is 1. The van der Waals surface area contributed by atoms with E-state index in [0.717, 1.165) is 22.2 Å². The number of carbonyl (C=O) groups is 1. The minimum atomic E-state index is -0.497. The van der Waals surface area contributed by atoms with Crippen molar-refractivity contribution < 1.29 is 19.4 Å². The Balaban J connectivity index is 1.93. The molecule has 0 aliphatic carbocycles. The van der Waals surface area contributed by atoms with Gasteiger partial charge in [0.15, 0.2) is 0 Å². The summed E-state index contributed by atoms with van der Waals surface area (Å²) < 4.78 is 13.0. The second-order valence-corrected chi connectivity index (χ2v) is 5.57. The van der Waals surface area contributed by atoms with Crippen LogP contribution in [0.3, 0.4) is 0 Å². The summed E-state index contributed by atoms with van der Waals surface area (Å²) >= 11 is 0. The van der Waals surface area contributed by atoms with Crippen molar-refractivity contribution in [1.29, 1.82) is 0 Å². The number of amides is 1. The maximum Gasteiger partial charge on any atom is 0.243 e. The van der Waals surface area contributed by atoms with Gasteiger partial charge in [0, 0.05) is 17.4 Å². The molecule has 0 bridgehead atoms. The molecule has 3 N–H and O–H groups in total. The summed E-state index contributed by atoms with van der Waals surface area (Å²) in [5, 5.41) is 14.9. The molecule has 1 aromatic heterocycles. The molecular weight excluding hydrogens is 286 g/mol. The van der Waals surface area contributed by atoms with Crippen molar-refractivity contribution in [3.8, 4) is 5.75 Å². The van der Waals surface area contributed by atoms with Crippen LogP contribution in [0, 0.1) is 0 Å². The molecule has 2 aromatic rings. The van der Waals surface area contributed by atoms with Gasteiger partial charge in [0.2, 0.25) is 5.91 Å². The quantitative estimate of drug-likeness (QED) is 0.823. The van der Waals surface area contributed by atoms with Gasteiger partial charge in [0.05, 0.1) is 30.5 Å². The number of aromatic nitrogens is 2. The number of aliphatic hydroxyl groups excluding tert-OH is 1. The van der Waals surface area contributed by atoms with E-state index in [-0.39, 0.29) is 12.7 Å². The molecule has 1 aliphatic heterocycles. The highest BCUT2D eigenvalue weighted by atomic mass is 16.5. The van der Waals surface area contributed by atoms with E-state index in [1.54, 1.807) is 17.8 Å². The summed E-state index contributed by atoms with van der Waals surface area (Å²) in [7, 11) is 0. The lowest BCUT2D eigenvalue weighted by atomic mass is 10.0. The fourth-order valence-electron chi connectivity index (χ4n) is 2.73. The SMILES string of the molecule is C[C@@H](O)Cn1ncc2ccc3c(c21)C[C@@H](OCC(N)=O)CO3. The van der Waals surface area contributed by atoms with Crippen LogP contribution >= 0.6 is 0 Å². The summed E-state index contributed by atoms with van der Waals surface area (Å²) in [6, 6.07) is 3.86. The van der Waals surface area contributed by atoms with Crippen LogP contribution in [-0.4, -0.2) is 46.2 Å². The van der Waals surface area contributed by atoms with E-state index in [2.05, 4.69) is 5.10 Å². The molecule has 1 aliphatic rings. The van der Waals surface area contributed by atoms with Crippen molar-refractivity contribution in [2.24, 2.45) is 5.73 Å². The summed E-state index contributed by atoms with van der Waals surface area (Å²) in [5.74, 6) is 0.293. The number of hydrogen-bond donors (Lipinski definition) is 2. The highest BCUT2D eigenvalue weighted by Gasteiger charge is 2.24. The number of hydrogen-bond acceptors (Lipinski definition) is 5. The van der Waals surface area contributed by atoms with E-state index < -0.39 is 12.0 Å². The molecule has 0 spiro atoms. The first kappa shape index (κ1) is 14.8. The summed E-state index contributed by atoms with van der Waals surface area (Å²) in [5.41, 5.74) is 7.03. The van der Waals surface area contributed by atoms with Gasteiger partial charge in [-0.25, -0.2) is 0 Å². The minimum Gasteiger partial charge on any atom is -0.491 e. The number of fused-ring (bicyclic) bond motifs is 3. The Morgan fingerprint density at radius 2 is 2.45 bits per heavy atom. The predicted octanol–water partition coefficient (Wildman–Crippen LogP) is 0.222. The van der Waals surface area contributed by atoms with Gasteiger partial charge in [-0.3, -0.25) is 9.48 Å². The maximum atomic E-state index is 10.8. The molecule has 1 aromatic carbocycles. The van der Waals surface area contributed by atoms with Gasteiger partial charge in [0.25, 0.3) is 0 Å². The van der Waals surface area contributed by atoms with Crippen molar-refractivity contribution >= 4 is 16.8 Å². The zero-order chi connectivity index (χ0) is 15.7. The van der Waals surface area contributed by atoms with E-state index >= 15 is 0 Å². The molecule has 0 unspecified atom stereocenters. The van der Waals surface area contributed by atoms with Crippen LogP contribution in [0.25, 0.3) is 10.9 Å². The lowest BCUT2D eigenvalue weighted by Gasteiger charge is -2.26. The van der Waals surface area contributed by atoms with E-state index in [9.17, 15) is 9.90 Å². The molecule has 3 rings (SSSR count). The van der Waals surface area contributed by atoms with Crippen LogP contribution in [0.5, 0.6) is 5.75 Å². The average molecular weight is 305 g/mol. The van der Waals surface area contributed by atoms with Crippen molar-refractivity contribution in [2.75, 3.05) is 13.2 Å². The van der Waals surface area contributed by atoms with Gasteiger partial charge in [-0.05, 0) is 19.1 Å². The lowest BCUT2D eigenvalue weighted by molar-refractivity contribution is -0.125. The van der Waals surface area contributed by atoms with Gasteiger partial charge >= 0.3 is 0 Å². The lowest BCUT2D eigenvalue weighted by Crippen LogP contribution is -2.32. The Hall–Kier alpha value is -2.12. The van der Waals surface area contributed by atoms with Gasteiger partial charge in [-0.15, -0.1) is 0 Å². The van der Waals surface area contributed by atoms with Crippen molar-refractivity contribution in [1.82, 2.24) is 9.78 Å². The predicted molar refractivity (Wildman–Crippen MR) is 79.5 cm³/mol. The van der Waals surface area contributed by atoms with E-state index in [1.807, 2.05) is 12.1 Å². The number of aliphatic hydroxyl groups is 1. The molecule has 0 saturated carbocycles. The van der Waals surface area contributed by atoms with E-state index in [0.29, 0.717) is 19.6 Å². The Bertz CT molecular complexity index is 695. The third-order valence-electron chi connectivity index (χ3n) is 3.62. The Morgan fingerprint density at radius 1 is 1.64 bits per heavy atom.